The van der Waals surface area contributed by atoms with E-state index in [1.54, 1.807) is 17.8 Å². The molecule has 0 radical (unpaired) electrons. The van der Waals surface area contributed by atoms with Gasteiger partial charge >= 0.3 is 0 Å². The molecule has 0 saturated carbocycles. The Labute approximate surface area is 120 Å². The fourth-order valence-corrected chi connectivity index (χ4v) is 3.18. The van der Waals surface area contributed by atoms with Crippen molar-refractivity contribution < 1.29 is 4.39 Å². The summed E-state index contributed by atoms with van der Waals surface area (Å²) in [4.78, 5) is 4.69. The van der Waals surface area contributed by atoms with Gasteiger partial charge in [-0.05, 0) is 46.5 Å². The standard InChI is InChI=1S/C13H16BrFN2S/c1-8(2)11-5-6-18-13(16-11)17-12-4-3-9(15)7-10(12)14/h3-4,7-8,11H,5-6H2,1-2H3,(H,16,17). The Balaban J connectivity index is 2.13. The number of hydrogen-bond acceptors (Lipinski definition) is 3. The van der Waals surface area contributed by atoms with Crippen molar-refractivity contribution in [3.8, 4) is 0 Å². The number of nitrogens with one attached hydrogen (secondary N) is 1. The van der Waals surface area contributed by atoms with Crippen molar-refractivity contribution in [2.75, 3.05) is 11.1 Å². The molecule has 0 spiro atoms. The molecule has 2 nitrogen and oxygen atoms in total. The molecule has 1 aliphatic heterocycles. The van der Waals surface area contributed by atoms with E-state index >= 15 is 0 Å². The summed E-state index contributed by atoms with van der Waals surface area (Å²) in [7, 11) is 0. The van der Waals surface area contributed by atoms with Crippen LogP contribution in [0.25, 0.3) is 0 Å². The molecule has 5 heteroatoms. The molecular formula is C13H16BrFN2S. The van der Waals surface area contributed by atoms with Crippen LogP contribution in [0.5, 0.6) is 0 Å². The second-order valence-corrected chi connectivity index (χ2v) is 6.57. The Kier molecular flexibility index (Phi) is 4.67. The molecule has 0 aromatic heterocycles. The van der Waals surface area contributed by atoms with Crippen LogP contribution in [-0.2, 0) is 0 Å². The first-order chi connectivity index (χ1) is 8.56. The van der Waals surface area contributed by atoms with Crippen LogP contribution >= 0.6 is 27.7 Å². The zero-order valence-corrected chi connectivity index (χ0v) is 12.8. The first-order valence-electron chi connectivity index (χ1n) is 5.99. The lowest BCUT2D eigenvalue weighted by Crippen LogP contribution is -2.24. The highest BCUT2D eigenvalue weighted by molar-refractivity contribution is 9.10. The molecule has 18 heavy (non-hydrogen) atoms. The molecule has 0 fully saturated rings. The van der Waals surface area contributed by atoms with Gasteiger partial charge < -0.3 is 5.32 Å². The zero-order valence-electron chi connectivity index (χ0n) is 10.4. The van der Waals surface area contributed by atoms with Gasteiger partial charge in [-0.2, -0.15) is 0 Å². The second kappa shape index (κ2) is 6.06. The summed E-state index contributed by atoms with van der Waals surface area (Å²) in [5.41, 5.74) is 0.854. The van der Waals surface area contributed by atoms with Crippen molar-refractivity contribution in [2.45, 2.75) is 26.3 Å². The van der Waals surface area contributed by atoms with Gasteiger partial charge in [0.15, 0.2) is 5.17 Å². The number of benzene rings is 1. The minimum absolute atomic E-state index is 0.245. The predicted octanol–water partition coefficient (Wildman–Crippen LogP) is 4.52. The van der Waals surface area contributed by atoms with E-state index in [0.29, 0.717) is 12.0 Å². The van der Waals surface area contributed by atoms with E-state index in [2.05, 4.69) is 35.1 Å². The summed E-state index contributed by atoms with van der Waals surface area (Å²) < 4.78 is 13.7. The average Bonchev–Trinajstić information content (AvgIpc) is 2.33. The van der Waals surface area contributed by atoms with Crippen molar-refractivity contribution in [3.05, 3.63) is 28.5 Å². The number of aliphatic imine (C=N–C) groups is 1. The van der Waals surface area contributed by atoms with E-state index in [-0.39, 0.29) is 5.82 Å². The monoisotopic (exact) mass is 330 g/mol. The smallest absolute Gasteiger partial charge is 0.161 e. The molecule has 1 aliphatic rings. The Hall–Kier alpha value is -0.550. The third kappa shape index (κ3) is 3.48. The van der Waals surface area contributed by atoms with Gasteiger partial charge in [-0.25, -0.2) is 4.39 Å². The highest BCUT2D eigenvalue weighted by Gasteiger charge is 2.19. The minimum atomic E-state index is -0.245. The van der Waals surface area contributed by atoms with E-state index in [1.165, 1.54) is 12.1 Å². The lowest BCUT2D eigenvalue weighted by atomic mass is 10.0. The SMILES string of the molecule is CC(C)C1CCSC(Nc2ccc(F)cc2Br)=N1. The molecule has 98 valence electrons. The number of rotatable bonds is 2. The van der Waals surface area contributed by atoms with Gasteiger partial charge in [-0.3, -0.25) is 4.99 Å². The van der Waals surface area contributed by atoms with Crippen LogP contribution in [-0.4, -0.2) is 17.0 Å². The van der Waals surface area contributed by atoms with E-state index in [0.717, 1.165) is 27.5 Å². The zero-order chi connectivity index (χ0) is 13.1. The van der Waals surface area contributed by atoms with Gasteiger partial charge in [0.2, 0.25) is 0 Å². The van der Waals surface area contributed by atoms with Crippen LogP contribution in [0, 0.1) is 11.7 Å². The molecule has 0 aliphatic carbocycles. The Morgan fingerprint density at radius 3 is 2.94 bits per heavy atom. The molecule has 1 aromatic rings. The van der Waals surface area contributed by atoms with Crippen LogP contribution in [0.3, 0.4) is 0 Å². The van der Waals surface area contributed by atoms with Crippen LogP contribution in [0.2, 0.25) is 0 Å². The van der Waals surface area contributed by atoms with Gasteiger partial charge in [-0.15, -0.1) is 0 Å². The largest absolute Gasteiger partial charge is 0.334 e. The number of hydrogen-bond donors (Lipinski definition) is 1. The fourth-order valence-electron chi connectivity index (χ4n) is 1.79. The first kappa shape index (κ1) is 13.9. The summed E-state index contributed by atoms with van der Waals surface area (Å²) in [6.07, 6.45) is 1.12. The fraction of sp³-hybridized carbons (Fsp3) is 0.462. The topological polar surface area (TPSA) is 24.4 Å². The van der Waals surface area contributed by atoms with Gasteiger partial charge in [0.25, 0.3) is 0 Å². The summed E-state index contributed by atoms with van der Waals surface area (Å²) in [6, 6.07) is 5.01. The van der Waals surface area contributed by atoms with Gasteiger partial charge in [0.1, 0.15) is 5.82 Å². The third-order valence-electron chi connectivity index (χ3n) is 2.88. The normalized spacial score (nSPS) is 19.8. The van der Waals surface area contributed by atoms with E-state index in [9.17, 15) is 4.39 Å². The Bertz CT molecular complexity index is 462. The Morgan fingerprint density at radius 1 is 1.50 bits per heavy atom. The molecule has 2 rings (SSSR count). The molecule has 1 atom stereocenters. The molecular weight excluding hydrogens is 315 g/mol. The summed E-state index contributed by atoms with van der Waals surface area (Å²) in [6.45, 7) is 4.38. The van der Waals surface area contributed by atoms with Crippen molar-refractivity contribution in [1.29, 1.82) is 0 Å². The van der Waals surface area contributed by atoms with Crippen LogP contribution in [0.1, 0.15) is 20.3 Å². The first-order valence-corrected chi connectivity index (χ1v) is 7.77. The lowest BCUT2D eigenvalue weighted by molar-refractivity contribution is 0.485. The molecule has 0 amide bonds. The molecule has 1 N–H and O–H groups in total. The van der Waals surface area contributed by atoms with Crippen LogP contribution in [0.4, 0.5) is 10.1 Å². The number of thioether (sulfide) groups is 1. The molecule has 0 bridgehead atoms. The van der Waals surface area contributed by atoms with E-state index in [4.69, 9.17) is 4.99 Å². The quantitative estimate of drug-likeness (QED) is 0.862. The average molecular weight is 331 g/mol. The molecule has 0 saturated heterocycles. The number of amidine groups is 1. The predicted molar refractivity (Wildman–Crippen MR) is 80.9 cm³/mol. The second-order valence-electron chi connectivity index (χ2n) is 4.63. The third-order valence-corrected chi connectivity index (χ3v) is 4.45. The van der Waals surface area contributed by atoms with Gasteiger partial charge in [-0.1, -0.05) is 25.6 Å². The van der Waals surface area contributed by atoms with Gasteiger partial charge in [0.05, 0.1) is 11.7 Å². The summed E-state index contributed by atoms with van der Waals surface area (Å²) >= 11 is 5.07. The van der Waals surface area contributed by atoms with E-state index < -0.39 is 0 Å². The minimum Gasteiger partial charge on any atom is -0.334 e. The van der Waals surface area contributed by atoms with Crippen LogP contribution < -0.4 is 5.32 Å². The van der Waals surface area contributed by atoms with Crippen LogP contribution in [0.15, 0.2) is 27.7 Å². The maximum atomic E-state index is 13.0. The highest BCUT2D eigenvalue weighted by atomic mass is 79.9. The molecule has 1 aromatic carbocycles. The molecule has 1 heterocycles. The Morgan fingerprint density at radius 2 is 2.28 bits per heavy atom. The van der Waals surface area contributed by atoms with Crippen molar-refractivity contribution in [2.24, 2.45) is 10.9 Å². The maximum absolute atomic E-state index is 13.0. The van der Waals surface area contributed by atoms with Crippen molar-refractivity contribution in [3.63, 3.8) is 0 Å². The van der Waals surface area contributed by atoms with Crippen molar-refractivity contribution in [1.82, 2.24) is 0 Å². The summed E-state index contributed by atoms with van der Waals surface area (Å²) in [5, 5.41) is 4.18. The number of nitrogens with zero attached hydrogens (tertiary/aromatic N) is 1. The van der Waals surface area contributed by atoms with Gasteiger partial charge in [0, 0.05) is 10.2 Å². The summed E-state index contributed by atoms with van der Waals surface area (Å²) in [5.74, 6) is 1.39. The van der Waals surface area contributed by atoms with Crippen molar-refractivity contribution >= 4 is 38.5 Å². The highest BCUT2D eigenvalue weighted by Crippen LogP contribution is 2.27. The van der Waals surface area contributed by atoms with E-state index in [1.807, 2.05) is 0 Å². The lowest BCUT2D eigenvalue weighted by Gasteiger charge is -2.23. The maximum Gasteiger partial charge on any atom is 0.161 e. The number of anilines is 1. The number of halogens is 2. The molecule has 1 unspecified atom stereocenters.